The van der Waals surface area contributed by atoms with Crippen LogP contribution in [0.3, 0.4) is 0 Å². The number of rotatable bonds is 6. The summed E-state index contributed by atoms with van der Waals surface area (Å²) in [6.45, 7) is 6.85. The van der Waals surface area contributed by atoms with E-state index >= 15 is 0 Å². The molecule has 1 aliphatic rings. The van der Waals surface area contributed by atoms with Gasteiger partial charge in [0.2, 0.25) is 5.91 Å². The van der Waals surface area contributed by atoms with Gasteiger partial charge in [0, 0.05) is 24.5 Å². The molecule has 3 nitrogen and oxygen atoms in total. The fraction of sp³-hybridized carbons (Fsp3) is 0.929. The maximum atomic E-state index is 12.6. The summed E-state index contributed by atoms with van der Waals surface area (Å²) < 4.78 is 37.8. The first-order valence-corrected chi connectivity index (χ1v) is 7.11. The van der Waals surface area contributed by atoms with Crippen molar-refractivity contribution in [3.8, 4) is 0 Å². The van der Waals surface area contributed by atoms with Gasteiger partial charge in [-0.1, -0.05) is 0 Å². The smallest absolute Gasteiger partial charge is 0.331 e. The molecule has 1 fully saturated rings. The molecule has 0 heterocycles. The van der Waals surface area contributed by atoms with Crippen LogP contribution in [-0.4, -0.2) is 41.7 Å². The lowest BCUT2D eigenvalue weighted by Crippen LogP contribution is -2.47. The van der Waals surface area contributed by atoms with Gasteiger partial charge in [-0.2, -0.15) is 13.2 Å². The van der Waals surface area contributed by atoms with Crippen LogP contribution in [0.2, 0.25) is 0 Å². The minimum Gasteiger partial charge on any atom is -0.331 e. The van der Waals surface area contributed by atoms with Crippen molar-refractivity contribution in [2.75, 3.05) is 13.1 Å². The second-order valence-electron chi connectivity index (χ2n) is 6.64. The summed E-state index contributed by atoms with van der Waals surface area (Å²) in [6.07, 6.45) is -2.40. The number of nitrogens with zero attached hydrogens (tertiary/aromatic N) is 1. The monoisotopic (exact) mass is 294 g/mol. The molecule has 0 aliphatic heterocycles. The zero-order valence-electron chi connectivity index (χ0n) is 12.7. The van der Waals surface area contributed by atoms with Gasteiger partial charge in [-0.15, -0.1) is 0 Å². The van der Waals surface area contributed by atoms with E-state index < -0.39 is 18.6 Å². The molecule has 1 amide bonds. The van der Waals surface area contributed by atoms with Gasteiger partial charge in [-0.3, -0.25) is 4.79 Å². The number of hydrogen-bond acceptors (Lipinski definition) is 2. The molecule has 0 aromatic rings. The van der Waals surface area contributed by atoms with Gasteiger partial charge in [0.25, 0.3) is 0 Å². The number of halogens is 3. The lowest BCUT2D eigenvalue weighted by atomic mass is 10.1. The molecule has 1 N–H and O–H groups in total. The maximum Gasteiger partial charge on any atom is 0.406 e. The molecule has 0 radical (unpaired) electrons. The van der Waals surface area contributed by atoms with Crippen molar-refractivity contribution >= 4 is 5.91 Å². The van der Waals surface area contributed by atoms with E-state index in [2.05, 4.69) is 5.32 Å². The Balaban J connectivity index is 2.55. The molecule has 118 valence electrons. The van der Waals surface area contributed by atoms with Crippen molar-refractivity contribution < 1.29 is 18.0 Å². The average Bonchev–Trinajstić information content (AvgIpc) is 3.05. The first kappa shape index (κ1) is 17.3. The second kappa shape index (κ2) is 6.33. The van der Waals surface area contributed by atoms with Gasteiger partial charge in [-0.05, 0) is 46.5 Å². The highest BCUT2D eigenvalue weighted by Crippen LogP contribution is 2.36. The molecule has 1 unspecified atom stereocenters. The van der Waals surface area contributed by atoms with Gasteiger partial charge in [0.05, 0.1) is 0 Å². The van der Waals surface area contributed by atoms with Gasteiger partial charge < -0.3 is 10.2 Å². The van der Waals surface area contributed by atoms with Crippen LogP contribution in [0.1, 0.15) is 47.0 Å². The summed E-state index contributed by atoms with van der Waals surface area (Å²) in [4.78, 5) is 13.1. The Morgan fingerprint density at radius 2 is 1.85 bits per heavy atom. The highest BCUT2D eigenvalue weighted by molar-refractivity contribution is 5.76. The summed E-state index contributed by atoms with van der Waals surface area (Å²) in [7, 11) is 0. The minimum atomic E-state index is -4.34. The average molecular weight is 294 g/mol. The molecule has 20 heavy (non-hydrogen) atoms. The summed E-state index contributed by atoms with van der Waals surface area (Å²) >= 11 is 0. The van der Waals surface area contributed by atoms with Crippen molar-refractivity contribution in [1.29, 1.82) is 0 Å². The van der Waals surface area contributed by atoms with Crippen LogP contribution in [0.4, 0.5) is 13.2 Å². The van der Waals surface area contributed by atoms with Gasteiger partial charge >= 0.3 is 6.18 Å². The fourth-order valence-electron chi connectivity index (χ4n) is 2.17. The van der Waals surface area contributed by atoms with Crippen LogP contribution in [0.5, 0.6) is 0 Å². The normalized spacial score (nSPS) is 17.9. The van der Waals surface area contributed by atoms with E-state index in [0.29, 0.717) is 6.54 Å². The largest absolute Gasteiger partial charge is 0.406 e. The third kappa shape index (κ3) is 6.59. The molecule has 0 aromatic carbocycles. The van der Waals surface area contributed by atoms with Crippen LogP contribution in [0.25, 0.3) is 0 Å². The predicted octanol–water partition coefficient (Wildman–Crippen LogP) is 2.95. The van der Waals surface area contributed by atoms with E-state index in [4.69, 9.17) is 0 Å². The predicted molar refractivity (Wildman–Crippen MR) is 72.3 cm³/mol. The SMILES string of the molecule is CC(C1CC1)N(CC(F)(F)F)C(=O)CCNC(C)(C)C. The molecule has 0 spiro atoms. The summed E-state index contributed by atoms with van der Waals surface area (Å²) in [5, 5.41) is 3.13. The van der Waals surface area contributed by atoms with Crippen LogP contribution in [0.15, 0.2) is 0 Å². The second-order valence-corrected chi connectivity index (χ2v) is 6.64. The maximum absolute atomic E-state index is 12.6. The van der Waals surface area contributed by atoms with E-state index in [1.165, 1.54) is 0 Å². The van der Waals surface area contributed by atoms with Crippen molar-refractivity contribution in [2.45, 2.75) is 64.7 Å². The molecule has 1 saturated carbocycles. The number of alkyl halides is 3. The highest BCUT2D eigenvalue weighted by atomic mass is 19.4. The minimum absolute atomic E-state index is 0.102. The first-order chi connectivity index (χ1) is 8.99. The van der Waals surface area contributed by atoms with E-state index in [0.717, 1.165) is 17.7 Å². The van der Waals surface area contributed by atoms with E-state index in [9.17, 15) is 18.0 Å². The van der Waals surface area contributed by atoms with Gasteiger partial charge in [0.1, 0.15) is 6.54 Å². The molecular weight excluding hydrogens is 269 g/mol. The molecule has 0 aromatic heterocycles. The van der Waals surface area contributed by atoms with Crippen molar-refractivity contribution in [3.05, 3.63) is 0 Å². The Hall–Kier alpha value is -0.780. The third-order valence-corrected chi connectivity index (χ3v) is 3.46. The number of carbonyl (C=O) groups excluding carboxylic acids is 1. The summed E-state index contributed by atoms with van der Waals surface area (Å²) in [5.41, 5.74) is -0.142. The van der Waals surface area contributed by atoms with Gasteiger partial charge in [0.15, 0.2) is 0 Å². The Morgan fingerprint density at radius 1 is 1.30 bits per heavy atom. The highest BCUT2D eigenvalue weighted by Gasteiger charge is 2.40. The Morgan fingerprint density at radius 3 is 2.25 bits per heavy atom. The van der Waals surface area contributed by atoms with E-state index in [1.54, 1.807) is 6.92 Å². The fourth-order valence-corrected chi connectivity index (χ4v) is 2.17. The van der Waals surface area contributed by atoms with Crippen molar-refractivity contribution in [3.63, 3.8) is 0 Å². The molecule has 0 saturated heterocycles. The molecule has 0 bridgehead atoms. The Kier molecular flexibility index (Phi) is 5.46. The van der Waals surface area contributed by atoms with Crippen LogP contribution >= 0.6 is 0 Å². The summed E-state index contributed by atoms with van der Waals surface area (Å²) in [5.74, 6) is -0.185. The van der Waals surface area contributed by atoms with Gasteiger partial charge in [-0.25, -0.2) is 0 Å². The third-order valence-electron chi connectivity index (χ3n) is 3.46. The number of nitrogens with one attached hydrogen (secondary N) is 1. The standard InChI is InChI=1S/C14H25F3N2O/c1-10(11-5-6-11)19(9-14(15,16)17)12(20)7-8-18-13(2,3)4/h10-11,18H,5-9H2,1-4H3. The lowest BCUT2D eigenvalue weighted by Gasteiger charge is -2.31. The zero-order valence-corrected chi connectivity index (χ0v) is 12.7. The molecular formula is C14H25F3N2O. The molecule has 1 rings (SSSR count). The number of amides is 1. The molecule has 1 aliphatic carbocycles. The topological polar surface area (TPSA) is 32.3 Å². The Bertz CT molecular complexity index is 332. The van der Waals surface area contributed by atoms with Crippen LogP contribution in [0, 0.1) is 5.92 Å². The van der Waals surface area contributed by atoms with Crippen molar-refractivity contribution in [2.24, 2.45) is 5.92 Å². The molecule has 6 heteroatoms. The summed E-state index contributed by atoms with van der Waals surface area (Å²) in [6, 6.07) is -0.321. The van der Waals surface area contributed by atoms with E-state index in [-0.39, 0.29) is 23.9 Å². The first-order valence-electron chi connectivity index (χ1n) is 7.11. The van der Waals surface area contributed by atoms with Crippen LogP contribution < -0.4 is 5.32 Å². The van der Waals surface area contributed by atoms with Crippen molar-refractivity contribution in [1.82, 2.24) is 10.2 Å². The van der Waals surface area contributed by atoms with E-state index in [1.807, 2.05) is 20.8 Å². The quantitative estimate of drug-likeness (QED) is 0.817. The Labute approximate surface area is 118 Å². The number of hydrogen-bond donors (Lipinski definition) is 1. The molecule has 1 atom stereocenters. The van der Waals surface area contributed by atoms with Crippen LogP contribution in [-0.2, 0) is 4.79 Å². The zero-order chi connectivity index (χ0) is 15.6. The lowest BCUT2D eigenvalue weighted by molar-refractivity contribution is -0.166. The number of carbonyl (C=O) groups is 1.